The summed E-state index contributed by atoms with van der Waals surface area (Å²) in [4.78, 5) is 22.9. The summed E-state index contributed by atoms with van der Waals surface area (Å²) in [5.74, 6) is 0.486. The first kappa shape index (κ1) is 16.5. The van der Waals surface area contributed by atoms with Crippen molar-refractivity contribution in [1.82, 2.24) is 15.3 Å². The zero-order chi connectivity index (χ0) is 16.2. The van der Waals surface area contributed by atoms with E-state index < -0.39 is 6.10 Å². The Labute approximate surface area is 141 Å². The van der Waals surface area contributed by atoms with E-state index >= 15 is 0 Å². The Kier molecular flexibility index (Phi) is 5.33. The van der Waals surface area contributed by atoms with E-state index in [1.165, 1.54) is 6.20 Å². The molecule has 1 saturated heterocycles. The lowest BCUT2D eigenvalue weighted by molar-refractivity contribution is 0.0836. The third kappa shape index (κ3) is 3.93. The molecule has 2 aliphatic rings. The summed E-state index contributed by atoms with van der Waals surface area (Å²) >= 11 is 6.07. The van der Waals surface area contributed by atoms with Gasteiger partial charge < -0.3 is 15.3 Å². The van der Waals surface area contributed by atoms with Crippen molar-refractivity contribution in [2.24, 2.45) is 5.92 Å². The summed E-state index contributed by atoms with van der Waals surface area (Å²) in [5.41, 5.74) is 0.183. The monoisotopic (exact) mass is 338 g/mol. The summed E-state index contributed by atoms with van der Waals surface area (Å²) in [6, 6.07) is 0. The molecule has 0 radical (unpaired) electrons. The molecule has 1 saturated carbocycles. The number of carbonyl (C=O) groups is 1. The van der Waals surface area contributed by atoms with Gasteiger partial charge in [0, 0.05) is 19.6 Å². The molecule has 1 aromatic rings. The summed E-state index contributed by atoms with van der Waals surface area (Å²) in [5, 5.41) is 13.1. The molecule has 1 unspecified atom stereocenters. The second-order valence-corrected chi connectivity index (χ2v) is 6.79. The van der Waals surface area contributed by atoms with Crippen LogP contribution < -0.4 is 10.2 Å². The van der Waals surface area contributed by atoms with Crippen molar-refractivity contribution in [3.8, 4) is 0 Å². The molecule has 1 amide bonds. The van der Waals surface area contributed by atoms with Crippen LogP contribution in [0.1, 0.15) is 49.0 Å². The van der Waals surface area contributed by atoms with E-state index in [1.54, 1.807) is 0 Å². The Hall–Kier alpha value is -1.40. The highest BCUT2D eigenvalue weighted by Crippen LogP contribution is 2.27. The van der Waals surface area contributed by atoms with Crippen LogP contribution in [0.5, 0.6) is 0 Å². The zero-order valence-corrected chi connectivity index (χ0v) is 13.9. The molecular formula is C16H23ClN4O2. The predicted octanol–water partition coefficient (Wildman–Crippen LogP) is 2.01. The molecule has 0 spiro atoms. The van der Waals surface area contributed by atoms with Crippen LogP contribution in [0.4, 0.5) is 5.95 Å². The lowest BCUT2D eigenvalue weighted by atomic mass is 10.0. The van der Waals surface area contributed by atoms with Crippen molar-refractivity contribution in [2.45, 2.75) is 44.6 Å². The highest BCUT2D eigenvalue weighted by molar-refractivity contribution is 6.33. The number of hydrogen-bond acceptors (Lipinski definition) is 5. The number of anilines is 1. The average molecular weight is 339 g/mol. The quantitative estimate of drug-likeness (QED) is 0.858. The number of aliphatic hydroxyl groups excluding tert-OH is 1. The highest BCUT2D eigenvalue weighted by atomic mass is 35.5. The molecule has 2 fully saturated rings. The van der Waals surface area contributed by atoms with E-state index in [1.807, 2.05) is 0 Å². The molecule has 1 aliphatic carbocycles. The Bertz CT molecular complexity index is 557. The average Bonchev–Trinajstić information content (AvgIpc) is 3.25. The van der Waals surface area contributed by atoms with E-state index in [0.29, 0.717) is 5.95 Å². The second kappa shape index (κ2) is 7.45. The lowest BCUT2D eigenvalue weighted by Gasteiger charge is -2.19. The Balaban J connectivity index is 1.62. The Morgan fingerprint density at radius 2 is 2.04 bits per heavy atom. The Morgan fingerprint density at radius 1 is 1.35 bits per heavy atom. The number of halogens is 1. The van der Waals surface area contributed by atoms with Gasteiger partial charge >= 0.3 is 0 Å². The maximum Gasteiger partial charge on any atom is 0.271 e. The van der Waals surface area contributed by atoms with Crippen molar-refractivity contribution in [3.63, 3.8) is 0 Å². The molecule has 7 heteroatoms. The van der Waals surface area contributed by atoms with Gasteiger partial charge in [-0.05, 0) is 31.6 Å². The van der Waals surface area contributed by atoms with E-state index in [0.717, 1.165) is 51.6 Å². The molecule has 0 aromatic carbocycles. The van der Waals surface area contributed by atoms with Gasteiger partial charge in [0.15, 0.2) is 5.69 Å². The first-order valence-electron chi connectivity index (χ1n) is 8.39. The van der Waals surface area contributed by atoms with Gasteiger partial charge in [0.25, 0.3) is 5.91 Å². The number of hydrogen-bond donors (Lipinski definition) is 2. The maximum atomic E-state index is 12.3. The molecule has 23 heavy (non-hydrogen) atoms. The van der Waals surface area contributed by atoms with Gasteiger partial charge in [-0.2, -0.15) is 0 Å². The molecule has 2 N–H and O–H groups in total. The van der Waals surface area contributed by atoms with Crippen LogP contribution >= 0.6 is 11.6 Å². The van der Waals surface area contributed by atoms with Crippen LogP contribution in [0.3, 0.4) is 0 Å². The number of nitrogens with zero attached hydrogens (tertiary/aromatic N) is 3. The van der Waals surface area contributed by atoms with Crippen molar-refractivity contribution >= 4 is 23.5 Å². The summed E-state index contributed by atoms with van der Waals surface area (Å²) in [7, 11) is 0. The fourth-order valence-corrected chi connectivity index (χ4v) is 3.55. The van der Waals surface area contributed by atoms with Crippen molar-refractivity contribution in [3.05, 3.63) is 16.9 Å². The van der Waals surface area contributed by atoms with Crippen LogP contribution in [0.15, 0.2) is 6.20 Å². The normalized spacial score (nSPS) is 20.0. The third-order valence-electron chi connectivity index (χ3n) is 4.75. The SMILES string of the molecule is O=C(NCC(O)C1CCCC1)c1nc(N2CCCC2)ncc1Cl. The minimum atomic E-state index is -0.500. The Morgan fingerprint density at radius 3 is 2.74 bits per heavy atom. The van der Waals surface area contributed by atoms with Crippen molar-refractivity contribution in [1.29, 1.82) is 0 Å². The summed E-state index contributed by atoms with van der Waals surface area (Å²) in [6.07, 6.45) is 7.58. The minimum absolute atomic E-state index is 0.183. The van der Waals surface area contributed by atoms with Gasteiger partial charge in [-0.25, -0.2) is 9.97 Å². The third-order valence-corrected chi connectivity index (χ3v) is 5.03. The van der Waals surface area contributed by atoms with Gasteiger partial charge in [0.05, 0.1) is 17.3 Å². The van der Waals surface area contributed by atoms with E-state index in [4.69, 9.17) is 11.6 Å². The standard InChI is InChI=1S/C16H23ClN4O2/c17-12-9-19-16(21-7-3-4-8-21)20-14(12)15(23)18-10-13(22)11-5-1-2-6-11/h9,11,13,22H,1-8,10H2,(H,18,23). The van der Waals surface area contributed by atoms with E-state index in [9.17, 15) is 9.90 Å². The maximum absolute atomic E-state index is 12.3. The molecule has 126 valence electrons. The number of carbonyl (C=O) groups excluding carboxylic acids is 1. The van der Waals surface area contributed by atoms with E-state index in [-0.39, 0.29) is 29.1 Å². The number of rotatable bonds is 5. The number of amides is 1. The summed E-state index contributed by atoms with van der Waals surface area (Å²) in [6.45, 7) is 2.05. The number of nitrogens with one attached hydrogen (secondary N) is 1. The van der Waals surface area contributed by atoms with Gasteiger partial charge in [-0.1, -0.05) is 24.4 Å². The molecule has 1 aliphatic heterocycles. The highest BCUT2D eigenvalue weighted by Gasteiger charge is 2.25. The fourth-order valence-electron chi connectivity index (χ4n) is 3.38. The van der Waals surface area contributed by atoms with Gasteiger partial charge in [-0.3, -0.25) is 4.79 Å². The molecule has 3 rings (SSSR count). The number of aliphatic hydroxyl groups is 1. The van der Waals surface area contributed by atoms with Gasteiger partial charge in [0.2, 0.25) is 5.95 Å². The first-order chi connectivity index (χ1) is 11.1. The molecular weight excluding hydrogens is 316 g/mol. The largest absolute Gasteiger partial charge is 0.391 e. The topological polar surface area (TPSA) is 78.3 Å². The first-order valence-corrected chi connectivity index (χ1v) is 8.76. The number of aromatic nitrogens is 2. The lowest BCUT2D eigenvalue weighted by Crippen LogP contribution is -2.36. The zero-order valence-electron chi connectivity index (χ0n) is 13.2. The van der Waals surface area contributed by atoms with Gasteiger partial charge in [0.1, 0.15) is 0 Å². The van der Waals surface area contributed by atoms with Gasteiger partial charge in [-0.15, -0.1) is 0 Å². The fraction of sp³-hybridized carbons (Fsp3) is 0.688. The molecule has 1 aromatic heterocycles. The van der Waals surface area contributed by atoms with Crippen LogP contribution in [-0.4, -0.2) is 46.7 Å². The van der Waals surface area contributed by atoms with Crippen LogP contribution in [0.25, 0.3) is 0 Å². The second-order valence-electron chi connectivity index (χ2n) is 6.38. The van der Waals surface area contributed by atoms with Crippen LogP contribution in [0, 0.1) is 5.92 Å². The molecule has 2 heterocycles. The molecule has 1 atom stereocenters. The minimum Gasteiger partial charge on any atom is -0.391 e. The smallest absolute Gasteiger partial charge is 0.271 e. The van der Waals surface area contributed by atoms with Crippen LogP contribution in [0.2, 0.25) is 5.02 Å². The molecule has 0 bridgehead atoms. The van der Waals surface area contributed by atoms with Crippen LogP contribution in [-0.2, 0) is 0 Å². The predicted molar refractivity (Wildman–Crippen MR) is 88.8 cm³/mol. The van der Waals surface area contributed by atoms with E-state index in [2.05, 4.69) is 20.2 Å². The van der Waals surface area contributed by atoms with Crippen molar-refractivity contribution in [2.75, 3.05) is 24.5 Å². The van der Waals surface area contributed by atoms with Crippen molar-refractivity contribution < 1.29 is 9.90 Å². The molecule has 6 nitrogen and oxygen atoms in total. The summed E-state index contributed by atoms with van der Waals surface area (Å²) < 4.78 is 0.